The number of halogens is 1. The fourth-order valence-corrected chi connectivity index (χ4v) is 2.47. The molecule has 0 saturated heterocycles. The number of aromatic nitrogens is 1. The van der Waals surface area contributed by atoms with Crippen LogP contribution in [0.3, 0.4) is 0 Å². The molecule has 21 heavy (non-hydrogen) atoms. The standard InChI is InChI=1S/C19H14BrN/c20-18-8-6-15(7-9-18)14-19(16-4-2-1-3-5-16)17-10-12-21-13-11-17/h1-14H/b19-14-. The summed E-state index contributed by atoms with van der Waals surface area (Å²) in [5.41, 5.74) is 4.74. The van der Waals surface area contributed by atoms with Gasteiger partial charge in [0.1, 0.15) is 0 Å². The first-order valence-corrected chi connectivity index (χ1v) is 7.55. The second kappa shape index (κ2) is 6.51. The maximum absolute atomic E-state index is 4.11. The topological polar surface area (TPSA) is 12.9 Å². The lowest BCUT2D eigenvalue weighted by Gasteiger charge is -2.08. The maximum Gasteiger partial charge on any atom is 0.0273 e. The van der Waals surface area contributed by atoms with Gasteiger partial charge in [-0.05, 0) is 52.6 Å². The smallest absolute Gasteiger partial charge is 0.0273 e. The molecule has 3 aromatic rings. The van der Waals surface area contributed by atoms with Crippen molar-refractivity contribution in [3.8, 4) is 0 Å². The summed E-state index contributed by atoms with van der Waals surface area (Å²) >= 11 is 3.47. The minimum atomic E-state index is 1.09. The molecule has 1 aromatic heterocycles. The number of rotatable bonds is 3. The molecule has 0 bridgehead atoms. The van der Waals surface area contributed by atoms with Crippen molar-refractivity contribution < 1.29 is 0 Å². The van der Waals surface area contributed by atoms with Crippen LogP contribution in [-0.4, -0.2) is 4.98 Å². The molecular formula is C19H14BrN. The molecule has 1 heterocycles. The van der Waals surface area contributed by atoms with Crippen LogP contribution in [0, 0.1) is 0 Å². The minimum absolute atomic E-state index is 1.09. The van der Waals surface area contributed by atoms with E-state index in [1.165, 1.54) is 22.3 Å². The van der Waals surface area contributed by atoms with Crippen LogP contribution in [0.1, 0.15) is 16.7 Å². The molecule has 0 saturated carbocycles. The number of benzene rings is 2. The molecule has 0 N–H and O–H groups in total. The van der Waals surface area contributed by atoms with Gasteiger partial charge in [0.2, 0.25) is 0 Å². The highest BCUT2D eigenvalue weighted by molar-refractivity contribution is 9.10. The quantitative estimate of drug-likeness (QED) is 0.581. The van der Waals surface area contributed by atoms with E-state index in [4.69, 9.17) is 0 Å². The lowest BCUT2D eigenvalue weighted by molar-refractivity contribution is 1.32. The van der Waals surface area contributed by atoms with Crippen LogP contribution in [0.25, 0.3) is 11.6 Å². The summed E-state index contributed by atoms with van der Waals surface area (Å²) in [6.45, 7) is 0. The Bertz CT molecular complexity index is 690. The lowest BCUT2D eigenvalue weighted by Crippen LogP contribution is -1.88. The van der Waals surface area contributed by atoms with E-state index in [0.717, 1.165) is 4.47 Å². The second-order valence-electron chi connectivity index (χ2n) is 4.71. The molecule has 0 aliphatic rings. The third-order valence-electron chi connectivity index (χ3n) is 3.26. The summed E-state index contributed by atoms with van der Waals surface area (Å²) in [5.74, 6) is 0. The SMILES string of the molecule is Brc1ccc(/C=C(/c2ccccc2)c2ccncc2)cc1. The molecular weight excluding hydrogens is 322 g/mol. The zero-order valence-electron chi connectivity index (χ0n) is 11.4. The summed E-state index contributed by atoms with van der Waals surface area (Å²) in [6.07, 6.45) is 5.86. The van der Waals surface area contributed by atoms with E-state index in [9.17, 15) is 0 Å². The summed E-state index contributed by atoms with van der Waals surface area (Å²) < 4.78 is 1.09. The molecule has 0 spiro atoms. The van der Waals surface area contributed by atoms with Crippen molar-refractivity contribution in [1.82, 2.24) is 4.98 Å². The number of hydrogen-bond acceptors (Lipinski definition) is 1. The largest absolute Gasteiger partial charge is 0.265 e. The van der Waals surface area contributed by atoms with Gasteiger partial charge in [-0.15, -0.1) is 0 Å². The van der Waals surface area contributed by atoms with Crippen molar-refractivity contribution in [3.05, 3.63) is 100 Å². The average Bonchev–Trinajstić information content (AvgIpc) is 2.56. The van der Waals surface area contributed by atoms with Crippen LogP contribution >= 0.6 is 15.9 Å². The molecule has 0 unspecified atom stereocenters. The van der Waals surface area contributed by atoms with Crippen molar-refractivity contribution in [3.63, 3.8) is 0 Å². The molecule has 0 aliphatic heterocycles. The van der Waals surface area contributed by atoms with Gasteiger partial charge in [0.25, 0.3) is 0 Å². The van der Waals surface area contributed by atoms with Gasteiger partial charge in [-0.3, -0.25) is 4.98 Å². The predicted molar refractivity (Wildman–Crippen MR) is 91.8 cm³/mol. The van der Waals surface area contributed by atoms with Crippen LogP contribution < -0.4 is 0 Å². The molecule has 102 valence electrons. The average molecular weight is 336 g/mol. The third-order valence-corrected chi connectivity index (χ3v) is 3.79. The minimum Gasteiger partial charge on any atom is -0.265 e. The van der Waals surface area contributed by atoms with E-state index in [-0.39, 0.29) is 0 Å². The lowest BCUT2D eigenvalue weighted by atomic mass is 9.96. The highest BCUT2D eigenvalue weighted by Crippen LogP contribution is 2.26. The third kappa shape index (κ3) is 3.47. The first-order chi connectivity index (χ1) is 10.3. The van der Waals surface area contributed by atoms with E-state index in [1.807, 2.05) is 30.6 Å². The first kappa shape index (κ1) is 13.8. The highest BCUT2D eigenvalue weighted by atomic mass is 79.9. The first-order valence-electron chi connectivity index (χ1n) is 6.76. The van der Waals surface area contributed by atoms with Crippen molar-refractivity contribution in [2.24, 2.45) is 0 Å². The molecule has 2 aromatic carbocycles. The maximum atomic E-state index is 4.11. The Labute approximate surface area is 133 Å². The fourth-order valence-electron chi connectivity index (χ4n) is 2.21. The molecule has 0 atom stereocenters. The van der Waals surface area contributed by atoms with Crippen molar-refractivity contribution in [2.75, 3.05) is 0 Å². The molecule has 0 radical (unpaired) electrons. The summed E-state index contributed by atoms with van der Waals surface area (Å²) in [4.78, 5) is 4.11. The fraction of sp³-hybridized carbons (Fsp3) is 0. The molecule has 0 fully saturated rings. The second-order valence-corrected chi connectivity index (χ2v) is 5.63. The zero-order valence-corrected chi connectivity index (χ0v) is 13.0. The molecule has 0 aliphatic carbocycles. The Kier molecular flexibility index (Phi) is 4.27. The van der Waals surface area contributed by atoms with Crippen LogP contribution in [0.15, 0.2) is 83.6 Å². The predicted octanol–water partition coefficient (Wildman–Crippen LogP) is 5.43. The number of nitrogens with zero attached hydrogens (tertiary/aromatic N) is 1. The zero-order chi connectivity index (χ0) is 14.5. The van der Waals surface area contributed by atoms with Gasteiger partial charge in [0, 0.05) is 16.9 Å². The van der Waals surface area contributed by atoms with Gasteiger partial charge in [-0.1, -0.05) is 58.4 Å². The van der Waals surface area contributed by atoms with E-state index >= 15 is 0 Å². The molecule has 2 heteroatoms. The van der Waals surface area contributed by atoms with Crippen molar-refractivity contribution in [1.29, 1.82) is 0 Å². The normalized spacial score (nSPS) is 11.4. The van der Waals surface area contributed by atoms with Crippen LogP contribution in [0.2, 0.25) is 0 Å². The monoisotopic (exact) mass is 335 g/mol. The Morgan fingerprint density at radius 1 is 0.762 bits per heavy atom. The highest BCUT2D eigenvalue weighted by Gasteiger charge is 2.04. The van der Waals surface area contributed by atoms with Gasteiger partial charge in [0.15, 0.2) is 0 Å². The Morgan fingerprint density at radius 2 is 1.38 bits per heavy atom. The van der Waals surface area contributed by atoms with Gasteiger partial charge >= 0.3 is 0 Å². The van der Waals surface area contributed by atoms with Gasteiger partial charge < -0.3 is 0 Å². The summed E-state index contributed by atoms with van der Waals surface area (Å²) in [6, 6.07) is 22.8. The summed E-state index contributed by atoms with van der Waals surface area (Å²) in [7, 11) is 0. The Hall–Kier alpha value is -2.19. The molecule has 3 rings (SSSR count). The van der Waals surface area contributed by atoms with Crippen molar-refractivity contribution >= 4 is 27.6 Å². The number of hydrogen-bond donors (Lipinski definition) is 0. The molecule has 0 amide bonds. The molecule has 1 nitrogen and oxygen atoms in total. The van der Waals surface area contributed by atoms with Gasteiger partial charge in [-0.2, -0.15) is 0 Å². The van der Waals surface area contributed by atoms with E-state index in [1.54, 1.807) is 0 Å². The summed E-state index contributed by atoms with van der Waals surface area (Å²) in [5, 5.41) is 0. The van der Waals surface area contributed by atoms with Crippen LogP contribution in [0.4, 0.5) is 0 Å². The van der Waals surface area contributed by atoms with Crippen LogP contribution in [0.5, 0.6) is 0 Å². The Morgan fingerprint density at radius 3 is 2.05 bits per heavy atom. The van der Waals surface area contributed by atoms with Gasteiger partial charge in [-0.25, -0.2) is 0 Å². The van der Waals surface area contributed by atoms with Crippen LogP contribution in [-0.2, 0) is 0 Å². The number of pyridine rings is 1. The van der Waals surface area contributed by atoms with E-state index < -0.39 is 0 Å². The van der Waals surface area contributed by atoms with E-state index in [2.05, 4.69) is 75.5 Å². The van der Waals surface area contributed by atoms with Gasteiger partial charge in [0.05, 0.1) is 0 Å². The van der Waals surface area contributed by atoms with Crippen molar-refractivity contribution in [2.45, 2.75) is 0 Å². The van der Waals surface area contributed by atoms with E-state index in [0.29, 0.717) is 0 Å². The Balaban J connectivity index is 2.10.